The van der Waals surface area contributed by atoms with Crippen LogP contribution in [0, 0.1) is 0 Å². The van der Waals surface area contributed by atoms with Gasteiger partial charge in [-0.2, -0.15) is 0 Å². The number of para-hydroxylation sites is 1. The molecule has 0 atom stereocenters. The summed E-state index contributed by atoms with van der Waals surface area (Å²) in [5, 5.41) is 6.67. The van der Waals surface area contributed by atoms with Gasteiger partial charge in [0.15, 0.2) is 0 Å². The average Bonchev–Trinajstić information content (AvgIpc) is 2.92. The molecule has 1 aliphatic rings. The van der Waals surface area contributed by atoms with Gasteiger partial charge in [-0.3, -0.25) is 4.79 Å². The summed E-state index contributed by atoms with van der Waals surface area (Å²) in [7, 11) is 1.65. The Bertz CT molecular complexity index is 683. The molecule has 0 unspecified atom stereocenters. The molecule has 25 heavy (non-hydrogen) atoms. The maximum atomic E-state index is 12.9. The van der Waals surface area contributed by atoms with Crippen molar-refractivity contribution >= 4 is 29.7 Å². The molecule has 6 heteroatoms. The Balaban J connectivity index is 0.00000225. The van der Waals surface area contributed by atoms with Crippen molar-refractivity contribution in [2.24, 2.45) is 0 Å². The Kier molecular flexibility index (Phi) is 7.10. The number of benzene rings is 2. The third kappa shape index (κ3) is 4.87. The fourth-order valence-electron chi connectivity index (χ4n) is 2.83. The summed E-state index contributed by atoms with van der Waals surface area (Å²) in [6, 6.07) is 15.3. The lowest BCUT2D eigenvalue weighted by Gasteiger charge is -2.22. The second kappa shape index (κ2) is 9.30. The first-order valence-corrected chi connectivity index (χ1v) is 8.28. The molecule has 0 aromatic heterocycles. The van der Waals surface area contributed by atoms with Gasteiger partial charge in [-0.05, 0) is 49.4 Å². The van der Waals surface area contributed by atoms with Crippen LogP contribution in [0.15, 0.2) is 48.5 Å². The lowest BCUT2D eigenvalue weighted by Crippen LogP contribution is -2.34. The topological polar surface area (TPSA) is 53.6 Å². The van der Waals surface area contributed by atoms with E-state index in [1.165, 1.54) is 0 Å². The van der Waals surface area contributed by atoms with Crippen molar-refractivity contribution < 1.29 is 9.53 Å². The molecule has 1 heterocycles. The van der Waals surface area contributed by atoms with Crippen LogP contribution in [0.3, 0.4) is 0 Å². The largest absolute Gasteiger partial charge is 0.497 e. The van der Waals surface area contributed by atoms with Crippen LogP contribution in [0.25, 0.3) is 0 Å². The van der Waals surface area contributed by atoms with Crippen LogP contribution >= 0.6 is 12.4 Å². The van der Waals surface area contributed by atoms with Gasteiger partial charge in [-0.15, -0.1) is 12.4 Å². The summed E-state index contributed by atoms with van der Waals surface area (Å²) in [4.78, 5) is 14.8. The zero-order valence-corrected chi connectivity index (χ0v) is 15.1. The first kappa shape index (κ1) is 19.1. The van der Waals surface area contributed by atoms with Crippen LogP contribution in [0.5, 0.6) is 5.75 Å². The first-order chi connectivity index (χ1) is 11.8. The van der Waals surface area contributed by atoms with E-state index in [-0.39, 0.29) is 18.3 Å². The number of rotatable bonds is 4. The Labute approximate surface area is 154 Å². The summed E-state index contributed by atoms with van der Waals surface area (Å²) in [6.45, 7) is 3.35. The third-order valence-electron chi connectivity index (χ3n) is 4.15. The quantitative estimate of drug-likeness (QED) is 0.877. The summed E-state index contributed by atoms with van der Waals surface area (Å²) < 4.78 is 5.18. The molecule has 0 bridgehead atoms. The molecule has 2 N–H and O–H groups in total. The first-order valence-electron chi connectivity index (χ1n) is 8.28. The summed E-state index contributed by atoms with van der Waals surface area (Å²) in [5.41, 5.74) is 2.45. The smallest absolute Gasteiger partial charge is 0.256 e. The van der Waals surface area contributed by atoms with Crippen LogP contribution in [0.4, 0.5) is 11.4 Å². The number of ether oxygens (including phenoxy) is 1. The van der Waals surface area contributed by atoms with E-state index >= 15 is 0 Å². The Morgan fingerprint density at radius 2 is 1.84 bits per heavy atom. The molecule has 1 amide bonds. The fraction of sp³-hybridized carbons (Fsp3) is 0.316. The molecule has 1 saturated heterocycles. The fourth-order valence-corrected chi connectivity index (χ4v) is 2.83. The number of methoxy groups -OCH3 is 1. The number of carbonyl (C=O) groups is 1. The van der Waals surface area contributed by atoms with E-state index in [1.807, 2.05) is 53.4 Å². The maximum absolute atomic E-state index is 12.9. The molecular weight excluding hydrogens is 338 g/mol. The van der Waals surface area contributed by atoms with Gasteiger partial charge < -0.3 is 20.3 Å². The van der Waals surface area contributed by atoms with Crippen LogP contribution in [-0.2, 0) is 0 Å². The highest BCUT2D eigenvalue weighted by Crippen LogP contribution is 2.24. The van der Waals surface area contributed by atoms with Crippen molar-refractivity contribution in [3.63, 3.8) is 0 Å². The van der Waals surface area contributed by atoms with E-state index in [0.29, 0.717) is 5.56 Å². The average molecular weight is 362 g/mol. The lowest BCUT2D eigenvalue weighted by molar-refractivity contribution is 0.0767. The molecule has 2 aromatic rings. The number of nitrogens with zero attached hydrogens (tertiary/aromatic N) is 1. The second-order valence-corrected chi connectivity index (χ2v) is 5.79. The van der Waals surface area contributed by atoms with Crippen LogP contribution in [-0.4, -0.2) is 44.1 Å². The zero-order chi connectivity index (χ0) is 16.8. The number of anilines is 2. The Morgan fingerprint density at radius 1 is 1.08 bits per heavy atom. The molecule has 0 saturated carbocycles. The molecule has 0 spiro atoms. The molecule has 5 nitrogen and oxygen atoms in total. The van der Waals surface area contributed by atoms with Gasteiger partial charge in [0.1, 0.15) is 5.75 Å². The predicted octanol–water partition coefficient (Wildman–Crippen LogP) is 3.30. The van der Waals surface area contributed by atoms with Crippen molar-refractivity contribution in [1.29, 1.82) is 0 Å². The Hall–Kier alpha value is -2.24. The van der Waals surface area contributed by atoms with Gasteiger partial charge in [0.25, 0.3) is 5.91 Å². The summed E-state index contributed by atoms with van der Waals surface area (Å²) in [5.74, 6) is 0.886. The van der Waals surface area contributed by atoms with Gasteiger partial charge in [0, 0.05) is 25.3 Å². The van der Waals surface area contributed by atoms with Crippen LogP contribution < -0.4 is 15.4 Å². The van der Waals surface area contributed by atoms with Crippen molar-refractivity contribution in [1.82, 2.24) is 10.2 Å². The van der Waals surface area contributed by atoms with Crippen molar-refractivity contribution in [3.8, 4) is 5.75 Å². The van der Waals surface area contributed by atoms with Gasteiger partial charge in [0.2, 0.25) is 0 Å². The van der Waals surface area contributed by atoms with Crippen LogP contribution in [0.2, 0.25) is 0 Å². The minimum absolute atomic E-state index is 0. The summed E-state index contributed by atoms with van der Waals surface area (Å²) in [6.07, 6.45) is 0.986. The van der Waals surface area contributed by atoms with Crippen molar-refractivity contribution in [3.05, 3.63) is 54.1 Å². The normalized spacial score (nSPS) is 14.2. The monoisotopic (exact) mass is 361 g/mol. The van der Waals surface area contributed by atoms with E-state index in [0.717, 1.165) is 49.7 Å². The molecule has 3 rings (SSSR count). The van der Waals surface area contributed by atoms with E-state index < -0.39 is 0 Å². The van der Waals surface area contributed by atoms with E-state index in [9.17, 15) is 4.79 Å². The number of amides is 1. The van der Waals surface area contributed by atoms with E-state index in [1.54, 1.807) is 7.11 Å². The minimum atomic E-state index is 0. The summed E-state index contributed by atoms with van der Waals surface area (Å²) >= 11 is 0. The highest BCUT2D eigenvalue weighted by Gasteiger charge is 2.19. The SMILES string of the molecule is COc1ccc(Nc2ccccc2C(=O)N2CCCNCC2)cc1.Cl. The molecular formula is C19H24ClN3O2. The maximum Gasteiger partial charge on any atom is 0.256 e. The minimum Gasteiger partial charge on any atom is -0.497 e. The van der Waals surface area contributed by atoms with Gasteiger partial charge in [0.05, 0.1) is 18.4 Å². The highest BCUT2D eigenvalue weighted by atomic mass is 35.5. The molecule has 2 aromatic carbocycles. The standard InChI is InChI=1S/C19H23N3O2.ClH/c1-24-16-9-7-15(8-10-16)21-18-6-3-2-5-17(18)19(23)22-13-4-11-20-12-14-22;/h2-3,5-10,20-21H,4,11-14H2,1H3;1H. The van der Waals surface area contributed by atoms with Gasteiger partial charge in [-0.1, -0.05) is 12.1 Å². The molecule has 1 fully saturated rings. The zero-order valence-electron chi connectivity index (χ0n) is 14.3. The highest BCUT2D eigenvalue weighted by molar-refractivity contribution is 6.00. The van der Waals surface area contributed by atoms with Gasteiger partial charge >= 0.3 is 0 Å². The second-order valence-electron chi connectivity index (χ2n) is 5.79. The molecule has 1 aliphatic heterocycles. The molecule has 134 valence electrons. The molecule has 0 radical (unpaired) electrons. The number of carbonyl (C=O) groups excluding carboxylic acids is 1. The predicted molar refractivity (Wildman–Crippen MR) is 103 cm³/mol. The number of hydrogen-bond donors (Lipinski definition) is 2. The van der Waals surface area contributed by atoms with E-state index in [2.05, 4.69) is 10.6 Å². The number of hydrogen-bond acceptors (Lipinski definition) is 4. The van der Waals surface area contributed by atoms with Crippen molar-refractivity contribution in [2.45, 2.75) is 6.42 Å². The Morgan fingerprint density at radius 3 is 2.60 bits per heavy atom. The molecule has 0 aliphatic carbocycles. The number of halogens is 1. The van der Waals surface area contributed by atoms with E-state index in [4.69, 9.17) is 4.74 Å². The lowest BCUT2D eigenvalue weighted by atomic mass is 10.1. The third-order valence-corrected chi connectivity index (χ3v) is 4.15. The van der Waals surface area contributed by atoms with Gasteiger partial charge in [-0.25, -0.2) is 0 Å². The number of nitrogens with one attached hydrogen (secondary N) is 2. The van der Waals surface area contributed by atoms with Crippen molar-refractivity contribution in [2.75, 3.05) is 38.6 Å². The van der Waals surface area contributed by atoms with Crippen LogP contribution in [0.1, 0.15) is 16.8 Å².